The van der Waals surface area contributed by atoms with E-state index in [0.29, 0.717) is 22.8 Å². The van der Waals surface area contributed by atoms with E-state index in [9.17, 15) is 10.2 Å². The number of phenols is 2. The van der Waals surface area contributed by atoms with Gasteiger partial charge in [0.15, 0.2) is 11.6 Å². The van der Waals surface area contributed by atoms with E-state index in [1.807, 2.05) is 47.9 Å². The van der Waals surface area contributed by atoms with Gasteiger partial charge in [-0.15, -0.1) is 10.2 Å². The highest BCUT2D eigenvalue weighted by Gasteiger charge is 2.20. The molecular formula is C21H17N3O2. The quantitative estimate of drug-likeness (QED) is 0.581. The second kappa shape index (κ2) is 6.37. The number of aromatic hydroxyl groups is 2. The zero-order valence-corrected chi connectivity index (χ0v) is 14.2. The summed E-state index contributed by atoms with van der Waals surface area (Å²) in [5, 5.41) is 29.2. The molecule has 0 atom stereocenters. The standard InChI is InChI=1S/C21H17N3O2/c1-14-10-12-15(13-11-14)24-20(16-6-2-4-8-18(16)25)22-23-21(24)17-7-3-5-9-19(17)26/h2-13,25-26H,1H3. The Morgan fingerprint density at radius 3 is 1.58 bits per heavy atom. The molecule has 3 aromatic carbocycles. The molecule has 0 aliphatic rings. The molecule has 0 aliphatic heterocycles. The number of nitrogens with zero attached hydrogens (tertiary/aromatic N) is 3. The Kier molecular flexibility index (Phi) is 3.89. The number of hydrogen-bond acceptors (Lipinski definition) is 4. The Morgan fingerprint density at radius 1 is 0.654 bits per heavy atom. The molecule has 4 aromatic rings. The molecule has 0 unspecified atom stereocenters. The summed E-state index contributed by atoms with van der Waals surface area (Å²) in [5.74, 6) is 1.25. The second-order valence-corrected chi connectivity index (χ2v) is 6.05. The fourth-order valence-corrected chi connectivity index (χ4v) is 2.90. The third-order valence-electron chi connectivity index (χ3n) is 4.25. The topological polar surface area (TPSA) is 71.2 Å². The lowest BCUT2D eigenvalue weighted by Crippen LogP contribution is -2.00. The zero-order valence-electron chi connectivity index (χ0n) is 14.2. The number of hydrogen-bond donors (Lipinski definition) is 2. The average molecular weight is 343 g/mol. The van der Waals surface area contributed by atoms with Crippen molar-refractivity contribution in [1.29, 1.82) is 0 Å². The highest BCUT2D eigenvalue weighted by atomic mass is 16.3. The van der Waals surface area contributed by atoms with Crippen molar-refractivity contribution in [3.63, 3.8) is 0 Å². The first-order valence-corrected chi connectivity index (χ1v) is 8.24. The Morgan fingerprint density at radius 2 is 1.12 bits per heavy atom. The summed E-state index contributed by atoms with van der Waals surface area (Å²) in [6.45, 7) is 2.02. The first-order valence-electron chi connectivity index (χ1n) is 8.24. The molecule has 0 aliphatic carbocycles. The van der Waals surface area contributed by atoms with Crippen LogP contribution in [-0.2, 0) is 0 Å². The van der Waals surface area contributed by atoms with Gasteiger partial charge in [0.05, 0.1) is 11.1 Å². The van der Waals surface area contributed by atoms with Crippen LogP contribution in [0.5, 0.6) is 11.5 Å². The molecule has 0 saturated heterocycles. The van der Waals surface area contributed by atoms with Gasteiger partial charge < -0.3 is 10.2 Å². The van der Waals surface area contributed by atoms with Crippen LogP contribution in [-0.4, -0.2) is 25.0 Å². The summed E-state index contributed by atoms with van der Waals surface area (Å²) in [6.07, 6.45) is 0. The summed E-state index contributed by atoms with van der Waals surface area (Å²) >= 11 is 0. The number of aryl methyl sites for hydroxylation is 1. The first kappa shape index (κ1) is 15.9. The van der Waals surface area contributed by atoms with Crippen LogP contribution < -0.4 is 0 Å². The normalized spacial score (nSPS) is 10.8. The molecule has 26 heavy (non-hydrogen) atoms. The summed E-state index contributed by atoms with van der Waals surface area (Å²) in [4.78, 5) is 0. The van der Waals surface area contributed by atoms with Crippen molar-refractivity contribution in [3.05, 3.63) is 78.4 Å². The minimum atomic E-state index is 0.122. The Bertz CT molecular complexity index is 1010. The largest absolute Gasteiger partial charge is 0.507 e. The maximum atomic E-state index is 10.3. The van der Waals surface area contributed by atoms with E-state index in [2.05, 4.69) is 10.2 Å². The van der Waals surface area contributed by atoms with Crippen LogP contribution in [0.3, 0.4) is 0 Å². The van der Waals surface area contributed by atoms with Crippen molar-refractivity contribution in [3.8, 4) is 40.0 Å². The molecule has 0 spiro atoms. The predicted octanol–water partition coefficient (Wildman–Crippen LogP) is 4.32. The highest BCUT2D eigenvalue weighted by molar-refractivity contribution is 5.72. The average Bonchev–Trinajstić information content (AvgIpc) is 3.08. The Balaban J connectivity index is 2.01. The summed E-state index contributed by atoms with van der Waals surface area (Å²) < 4.78 is 1.84. The van der Waals surface area contributed by atoms with Crippen molar-refractivity contribution in [2.45, 2.75) is 6.92 Å². The predicted molar refractivity (Wildman–Crippen MR) is 100 cm³/mol. The van der Waals surface area contributed by atoms with Gasteiger partial charge in [0.1, 0.15) is 11.5 Å². The fourth-order valence-electron chi connectivity index (χ4n) is 2.90. The lowest BCUT2D eigenvalue weighted by atomic mass is 10.1. The maximum Gasteiger partial charge on any atom is 0.172 e. The van der Waals surface area contributed by atoms with Crippen molar-refractivity contribution in [1.82, 2.24) is 14.8 Å². The van der Waals surface area contributed by atoms with Gasteiger partial charge in [0, 0.05) is 5.69 Å². The van der Waals surface area contributed by atoms with Gasteiger partial charge in [-0.3, -0.25) is 4.57 Å². The first-order chi connectivity index (χ1) is 12.6. The number of benzene rings is 3. The van der Waals surface area contributed by atoms with Gasteiger partial charge >= 0.3 is 0 Å². The summed E-state index contributed by atoms with van der Waals surface area (Å²) in [7, 11) is 0. The van der Waals surface area contributed by atoms with Crippen LogP contribution in [0.25, 0.3) is 28.5 Å². The van der Waals surface area contributed by atoms with Crippen molar-refractivity contribution in [2.75, 3.05) is 0 Å². The molecule has 0 radical (unpaired) electrons. The van der Waals surface area contributed by atoms with E-state index in [1.165, 1.54) is 0 Å². The second-order valence-electron chi connectivity index (χ2n) is 6.05. The van der Waals surface area contributed by atoms with E-state index < -0.39 is 0 Å². The van der Waals surface area contributed by atoms with Gasteiger partial charge in [0.2, 0.25) is 0 Å². The summed E-state index contributed by atoms with van der Waals surface area (Å²) in [6, 6.07) is 21.9. The molecule has 5 heteroatoms. The van der Waals surface area contributed by atoms with Crippen molar-refractivity contribution in [2.24, 2.45) is 0 Å². The van der Waals surface area contributed by atoms with Crippen LogP contribution in [0.2, 0.25) is 0 Å². The zero-order chi connectivity index (χ0) is 18.1. The minimum absolute atomic E-state index is 0.122. The fraction of sp³-hybridized carbons (Fsp3) is 0.0476. The molecule has 1 heterocycles. The number of phenolic OH excluding ortho intramolecular Hbond substituents is 2. The van der Waals surface area contributed by atoms with E-state index >= 15 is 0 Å². The van der Waals surface area contributed by atoms with Gasteiger partial charge in [0.25, 0.3) is 0 Å². The molecule has 0 saturated carbocycles. The molecule has 128 valence electrons. The van der Waals surface area contributed by atoms with Crippen LogP contribution in [0.4, 0.5) is 0 Å². The lowest BCUT2D eigenvalue weighted by Gasteiger charge is -2.12. The van der Waals surface area contributed by atoms with Crippen LogP contribution in [0.15, 0.2) is 72.8 Å². The van der Waals surface area contributed by atoms with Gasteiger partial charge in [-0.2, -0.15) is 0 Å². The SMILES string of the molecule is Cc1ccc(-n2c(-c3ccccc3O)nnc2-c2ccccc2O)cc1. The van der Waals surface area contributed by atoms with E-state index in [0.717, 1.165) is 11.3 Å². The molecule has 4 rings (SSSR count). The van der Waals surface area contributed by atoms with Crippen molar-refractivity contribution >= 4 is 0 Å². The third kappa shape index (κ3) is 2.69. The van der Waals surface area contributed by atoms with Gasteiger partial charge in [-0.25, -0.2) is 0 Å². The maximum absolute atomic E-state index is 10.3. The lowest BCUT2D eigenvalue weighted by molar-refractivity contribution is 0.476. The minimum Gasteiger partial charge on any atom is -0.507 e. The van der Waals surface area contributed by atoms with Crippen LogP contribution >= 0.6 is 0 Å². The molecule has 0 fully saturated rings. The van der Waals surface area contributed by atoms with E-state index in [4.69, 9.17) is 0 Å². The van der Waals surface area contributed by atoms with Crippen LogP contribution in [0, 0.1) is 6.92 Å². The highest BCUT2D eigenvalue weighted by Crippen LogP contribution is 2.35. The smallest absolute Gasteiger partial charge is 0.172 e. The molecule has 0 amide bonds. The molecule has 2 N–H and O–H groups in total. The molecule has 1 aromatic heterocycles. The Hall–Kier alpha value is -3.60. The number of aromatic nitrogens is 3. The third-order valence-corrected chi connectivity index (χ3v) is 4.25. The molecular weight excluding hydrogens is 326 g/mol. The van der Waals surface area contributed by atoms with E-state index in [1.54, 1.807) is 36.4 Å². The van der Waals surface area contributed by atoms with Crippen LogP contribution in [0.1, 0.15) is 5.56 Å². The summed E-state index contributed by atoms with van der Waals surface area (Å²) in [5.41, 5.74) is 3.12. The molecule has 5 nitrogen and oxygen atoms in total. The van der Waals surface area contributed by atoms with E-state index in [-0.39, 0.29) is 11.5 Å². The molecule has 0 bridgehead atoms. The van der Waals surface area contributed by atoms with Gasteiger partial charge in [-0.05, 0) is 43.3 Å². The van der Waals surface area contributed by atoms with Crippen molar-refractivity contribution < 1.29 is 10.2 Å². The Labute approximate surface area is 150 Å². The monoisotopic (exact) mass is 343 g/mol. The number of para-hydroxylation sites is 2. The van der Waals surface area contributed by atoms with Gasteiger partial charge in [-0.1, -0.05) is 42.0 Å². The number of rotatable bonds is 3.